The third-order valence-electron chi connectivity index (χ3n) is 4.30. The van der Waals surface area contributed by atoms with E-state index >= 15 is 0 Å². The van der Waals surface area contributed by atoms with E-state index in [1.54, 1.807) is 12.1 Å². The summed E-state index contributed by atoms with van der Waals surface area (Å²) < 4.78 is 6.37. The number of primary amides is 1. The monoisotopic (exact) mass is 391 g/mol. The van der Waals surface area contributed by atoms with Crippen LogP contribution in [0.1, 0.15) is 31.1 Å². The maximum atomic E-state index is 11.4. The highest BCUT2D eigenvalue weighted by molar-refractivity contribution is 9.10. The topological polar surface area (TPSA) is 52.3 Å². The summed E-state index contributed by atoms with van der Waals surface area (Å²) in [6.45, 7) is 12.1. The van der Waals surface area contributed by atoms with Crippen molar-refractivity contribution in [2.24, 2.45) is 5.73 Å². The Bertz CT molecular complexity index is 541. The molecule has 1 rings (SSSR count). The highest BCUT2D eigenvalue weighted by Crippen LogP contribution is 2.39. The van der Waals surface area contributed by atoms with Crippen molar-refractivity contribution in [3.05, 3.63) is 27.2 Å². The van der Waals surface area contributed by atoms with E-state index < -0.39 is 14.0 Å². The smallest absolute Gasteiger partial charge is 0.249 e. The van der Waals surface area contributed by atoms with Crippen molar-refractivity contribution in [3.8, 4) is 5.75 Å². The van der Waals surface area contributed by atoms with Gasteiger partial charge in [0.1, 0.15) is 5.75 Å². The number of nitrogens with two attached hydrogens (primary N) is 1. The molecule has 21 heavy (non-hydrogen) atoms. The normalized spacial score (nSPS) is 12.3. The maximum Gasteiger partial charge on any atom is 0.249 e. The molecule has 2 N–H and O–H groups in total. The van der Waals surface area contributed by atoms with Crippen molar-refractivity contribution in [3.63, 3.8) is 0 Å². The number of ether oxygens (including phenoxy) is 1. The molecule has 3 nitrogen and oxygen atoms in total. The minimum atomic E-state index is -1.39. The van der Waals surface area contributed by atoms with Crippen molar-refractivity contribution < 1.29 is 9.53 Å². The summed E-state index contributed by atoms with van der Waals surface area (Å²) in [4.78, 5) is 11.4. The predicted octanol–water partition coefficient (Wildman–Crippen LogP) is 5.09. The molecule has 0 heterocycles. The molecule has 0 radical (unpaired) electrons. The van der Waals surface area contributed by atoms with Crippen LogP contribution in [0.4, 0.5) is 0 Å². The zero-order valence-electron chi connectivity index (χ0n) is 13.2. The summed E-state index contributed by atoms with van der Waals surface area (Å²) in [5, 5.41) is 0.792. The Morgan fingerprint density at radius 1 is 1.38 bits per heavy atom. The Balaban J connectivity index is 2.81. The van der Waals surface area contributed by atoms with Gasteiger partial charge in [0.25, 0.3) is 0 Å². The van der Waals surface area contributed by atoms with Crippen LogP contribution in [0.5, 0.6) is 5.75 Å². The highest BCUT2D eigenvalue weighted by atomic mass is 79.9. The highest BCUT2D eigenvalue weighted by Gasteiger charge is 2.34. The van der Waals surface area contributed by atoms with Gasteiger partial charge in [0.05, 0.1) is 25.3 Å². The van der Waals surface area contributed by atoms with Crippen LogP contribution in [0.25, 0.3) is 0 Å². The quantitative estimate of drug-likeness (QED) is 0.710. The maximum absolute atomic E-state index is 11.4. The third-order valence-corrected chi connectivity index (χ3v) is 10.8. The summed E-state index contributed by atoms with van der Waals surface area (Å²) in [6, 6.07) is 4.26. The molecule has 0 spiro atoms. The van der Waals surface area contributed by atoms with Crippen LogP contribution >= 0.6 is 27.5 Å². The molecule has 0 aliphatic carbocycles. The summed E-state index contributed by atoms with van der Waals surface area (Å²) in [5.74, 6) is 0.000152. The molecule has 6 heteroatoms. The molecule has 118 valence electrons. The molecule has 0 aliphatic rings. The number of hydrogen-bond acceptors (Lipinski definition) is 2. The second kappa shape index (κ2) is 6.71. The van der Waals surface area contributed by atoms with Crippen LogP contribution in [0.2, 0.25) is 29.2 Å². The minimum absolute atomic E-state index is 0.318. The predicted molar refractivity (Wildman–Crippen MR) is 95.2 cm³/mol. The Labute approximate surface area is 141 Å². The first kappa shape index (κ1) is 18.5. The van der Waals surface area contributed by atoms with E-state index in [4.69, 9.17) is 22.1 Å². The first-order valence-corrected chi connectivity index (χ1v) is 11.2. The van der Waals surface area contributed by atoms with E-state index in [1.165, 1.54) is 0 Å². The summed E-state index contributed by atoms with van der Waals surface area (Å²) in [5.41, 5.74) is 5.70. The number of halogens is 2. The van der Waals surface area contributed by atoms with E-state index in [-0.39, 0.29) is 0 Å². The van der Waals surface area contributed by atoms with Crippen LogP contribution in [-0.4, -0.2) is 20.6 Å². The first-order chi connectivity index (χ1) is 9.45. The molecule has 0 aromatic heterocycles. The van der Waals surface area contributed by atoms with Gasteiger partial charge in [-0.1, -0.05) is 45.5 Å². The van der Waals surface area contributed by atoms with Gasteiger partial charge in [0.15, 0.2) is 0 Å². The van der Waals surface area contributed by atoms with Crippen LogP contribution in [0, 0.1) is 0 Å². The Kier molecular flexibility index (Phi) is 5.92. The largest absolute Gasteiger partial charge is 0.492 e. The zero-order valence-corrected chi connectivity index (χ0v) is 16.6. The van der Waals surface area contributed by atoms with Gasteiger partial charge < -0.3 is 10.5 Å². The molecule has 0 fully saturated rings. The van der Waals surface area contributed by atoms with Crippen molar-refractivity contribution >= 4 is 41.5 Å². The Morgan fingerprint density at radius 3 is 2.43 bits per heavy atom. The molecular weight excluding hydrogens is 370 g/mol. The van der Waals surface area contributed by atoms with Gasteiger partial charge in [-0.15, -0.1) is 0 Å². The van der Waals surface area contributed by atoms with Crippen molar-refractivity contribution in [2.75, 3.05) is 6.61 Å². The lowest BCUT2D eigenvalue weighted by molar-refractivity contribution is 0.0999. The molecule has 0 aliphatic heterocycles. The molecule has 0 bridgehead atoms. The van der Waals surface area contributed by atoms with Gasteiger partial charge in [-0.05, 0) is 39.1 Å². The summed E-state index contributed by atoms with van der Waals surface area (Å²) >= 11 is 9.42. The standard InChI is InChI=1S/C15H23BrClNO2Si/c1-15(2,3)21(4,5)7-6-20-13-8-10(14(18)19)11(16)9-12(13)17/h8-9H,6-7H2,1-5H3,(H2,18,19). The number of benzene rings is 1. The molecular formula is C15H23BrClNO2Si. The van der Waals surface area contributed by atoms with E-state index in [9.17, 15) is 4.79 Å². The average molecular weight is 393 g/mol. The number of amides is 1. The number of carbonyl (C=O) groups excluding carboxylic acids is 1. The molecule has 1 aromatic rings. The fourth-order valence-corrected chi connectivity index (χ4v) is 3.87. The second-order valence-electron chi connectivity index (χ2n) is 6.86. The van der Waals surface area contributed by atoms with E-state index in [1.807, 2.05) is 0 Å². The summed E-state index contributed by atoms with van der Waals surface area (Å²) in [7, 11) is -1.39. The van der Waals surface area contributed by atoms with E-state index in [0.717, 1.165) is 6.04 Å². The fourth-order valence-electron chi connectivity index (χ4n) is 1.62. The SMILES string of the molecule is CC(C)(C)[Si](C)(C)CCOc1cc(C(N)=O)c(Br)cc1Cl. The second-order valence-corrected chi connectivity index (χ2v) is 13.9. The summed E-state index contributed by atoms with van der Waals surface area (Å²) in [6.07, 6.45) is 0. The third kappa shape index (κ3) is 4.73. The first-order valence-electron chi connectivity index (χ1n) is 6.87. The van der Waals surface area contributed by atoms with Gasteiger partial charge in [-0.2, -0.15) is 0 Å². The molecule has 0 saturated heterocycles. The molecule has 0 unspecified atom stereocenters. The molecule has 0 saturated carbocycles. The van der Waals surface area contributed by atoms with Gasteiger partial charge in [0, 0.05) is 4.47 Å². The van der Waals surface area contributed by atoms with Crippen LogP contribution in [-0.2, 0) is 0 Å². The van der Waals surface area contributed by atoms with Crippen LogP contribution < -0.4 is 10.5 Å². The lowest BCUT2D eigenvalue weighted by Gasteiger charge is -2.36. The van der Waals surface area contributed by atoms with Gasteiger partial charge >= 0.3 is 0 Å². The fraction of sp³-hybridized carbons (Fsp3) is 0.533. The average Bonchev–Trinajstić information content (AvgIpc) is 2.29. The van der Waals surface area contributed by atoms with Crippen molar-refractivity contribution in [1.82, 2.24) is 0 Å². The lowest BCUT2D eigenvalue weighted by atomic mass is 10.2. The minimum Gasteiger partial charge on any atom is -0.492 e. The molecule has 1 aromatic carbocycles. The van der Waals surface area contributed by atoms with Gasteiger partial charge in [-0.25, -0.2) is 0 Å². The van der Waals surface area contributed by atoms with Crippen molar-refractivity contribution in [1.29, 1.82) is 0 Å². The van der Waals surface area contributed by atoms with Crippen LogP contribution in [0.15, 0.2) is 16.6 Å². The van der Waals surface area contributed by atoms with E-state index in [0.29, 0.717) is 32.5 Å². The van der Waals surface area contributed by atoms with Crippen molar-refractivity contribution in [2.45, 2.75) is 44.9 Å². The Hall–Kier alpha value is -0.523. The zero-order chi connectivity index (χ0) is 16.4. The Morgan fingerprint density at radius 2 is 1.95 bits per heavy atom. The molecule has 1 amide bonds. The number of carbonyl (C=O) groups is 1. The number of rotatable bonds is 5. The van der Waals surface area contributed by atoms with Gasteiger partial charge in [-0.3, -0.25) is 4.79 Å². The van der Waals surface area contributed by atoms with Gasteiger partial charge in [0.2, 0.25) is 5.91 Å². The van der Waals surface area contributed by atoms with Crippen LogP contribution in [0.3, 0.4) is 0 Å². The number of hydrogen-bond donors (Lipinski definition) is 1. The lowest BCUT2D eigenvalue weighted by Crippen LogP contribution is -2.38. The van der Waals surface area contributed by atoms with E-state index in [2.05, 4.69) is 49.8 Å². The molecule has 0 atom stereocenters.